The van der Waals surface area contributed by atoms with E-state index in [0.29, 0.717) is 67.8 Å². The molecular weight excluding hydrogens is 584 g/mol. The molecule has 3 aromatic rings. The van der Waals surface area contributed by atoms with Crippen molar-refractivity contribution >= 4 is 57.2 Å². The number of aromatic nitrogens is 2. The number of nitriles is 1. The second-order valence-corrected chi connectivity index (χ2v) is 11.7. The third-order valence-electron chi connectivity index (χ3n) is 6.69. The number of hydrogen-bond acceptors (Lipinski definition) is 11. The number of halogens is 1. The van der Waals surface area contributed by atoms with Gasteiger partial charge in [0, 0.05) is 40.0 Å². The second kappa shape index (κ2) is 12.2. The molecule has 1 aliphatic heterocycles. The molecule has 0 spiro atoms. The van der Waals surface area contributed by atoms with Gasteiger partial charge in [0.2, 0.25) is 11.0 Å². The fraction of sp³-hybridized carbons (Fsp3) is 0.250. The number of anilines is 2. The van der Waals surface area contributed by atoms with Gasteiger partial charge in [0.1, 0.15) is 17.3 Å². The number of ketones is 1. The summed E-state index contributed by atoms with van der Waals surface area (Å²) in [5, 5.41) is 22.6. The molecule has 1 aromatic heterocycles. The molecule has 0 saturated carbocycles. The molecule has 5 rings (SSSR count). The average molecular weight is 609 g/mol. The van der Waals surface area contributed by atoms with Crippen molar-refractivity contribution in [3.05, 3.63) is 75.7 Å². The maximum absolute atomic E-state index is 13.4. The third-order valence-corrected chi connectivity index (χ3v) is 8.96. The van der Waals surface area contributed by atoms with Crippen LogP contribution >= 0.6 is 34.7 Å². The molecule has 1 unspecified atom stereocenters. The van der Waals surface area contributed by atoms with Crippen LogP contribution in [0.4, 0.5) is 10.8 Å². The number of allylic oxidation sites excluding steroid dienone is 3. The van der Waals surface area contributed by atoms with E-state index in [1.54, 1.807) is 54.5 Å². The quantitative estimate of drug-likeness (QED) is 0.326. The fourth-order valence-corrected chi connectivity index (χ4v) is 6.79. The van der Waals surface area contributed by atoms with Crippen molar-refractivity contribution in [3.8, 4) is 17.6 Å². The molecule has 10 nitrogen and oxygen atoms in total. The molecule has 0 radical (unpaired) electrons. The lowest BCUT2D eigenvalue weighted by molar-refractivity contribution is -0.116. The Hall–Kier alpha value is -4.05. The van der Waals surface area contributed by atoms with E-state index in [0.717, 1.165) is 0 Å². The third kappa shape index (κ3) is 5.74. The Labute approximate surface area is 249 Å². The minimum absolute atomic E-state index is 0.0591. The number of carbonyl (C=O) groups excluding carboxylic acids is 2. The maximum Gasteiger partial charge on any atom is 0.234 e. The number of carbonyl (C=O) groups is 2. The molecule has 1 aliphatic carbocycles. The van der Waals surface area contributed by atoms with Gasteiger partial charge in [-0.25, -0.2) is 0 Å². The number of ether oxygens (including phenoxy) is 2. The molecule has 2 aromatic carbocycles. The highest BCUT2D eigenvalue weighted by atomic mass is 35.5. The van der Waals surface area contributed by atoms with Crippen molar-refractivity contribution in [1.82, 2.24) is 10.2 Å². The predicted molar refractivity (Wildman–Crippen MR) is 158 cm³/mol. The molecule has 41 heavy (non-hydrogen) atoms. The summed E-state index contributed by atoms with van der Waals surface area (Å²) in [6.07, 6.45) is 1.57. The molecule has 3 N–H and O–H groups in total. The number of benzene rings is 2. The highest BCUT2D eigenvalue weighted by molar-refractivity contribution is 8.01. The zero-order chi connectivity index (χ0) is 29.1. The summed E-state index contributed by atoms with van der Waals surface area (Å²) in [6, 6.07) is 14.4. The largest absolute Gasteiger partial charge is 0.497 e. The van der Waals surface area contributed by atoms with Crippen LogP contribution < -0.4 is 25.4 Å². The Bertz CT molecular complexity index is 1630. The fourth-order valence-electron chi connectivity index (χ4n) is 4.91. The van der Waals surface area contributed by atoms with Crippen molar-refractivity contribution in [1.29, 1.82) is 5.26 Å². The van der Waals surface area contributed by atoms with E-state index in [1.165, 1.54) is 30.2 Å². The lowest BCUT2D eigenvalue weighted by atomic mass is 9.75. The van der Waals surface area contributed by atoms with Crippen LogP contribution in [0.1, 0.15) is 30.7 Å². The SMILES string of the molecule is COc1ccc(C2C(C#N)=C(N)N(c3nnc(SCC(=O)Nc4cccc(Cl)c4)s3)C3=C2C(=O)CCC3)c(OC)c1. The first-order chi connectivity index (χ1) is 19.8. The van der Waals surface area contributed by atoms with Crippen LogP contribution in [0, 0.1) is 11.3 Å². The van der Waals surface area contributed by atoms with Gasteiger partial charge in [-0.3, -0.25) is 14.5 Å². The van der Waals surface area contributed by atoms with Gasteiger partial charge in [-0.05, 0) is 37.1 Å². The zero-order valence-electron chi connectivity index (χ0n) is 22.1. The summed E-state index contributed by atoms with van der Waals surface area (Å²) in [7, 11) is 3.08. The van der Waals surface area contributed by atoms with Crippen molar-refractivity contribution in [2.24, 2.45) is 5.73 Å². The Balaban J connectivity index is 1.45. The van der Waals surface area contributed by atoms with E-state index in [-0.39, 0.29) is 28.8 Å². The predicted octanol–water partition coefficient (Wildman–Crippen LogP) is 5.24. The van der Waals surface area contributed by atoms with Crippen LogP contribution in [0.15, 0.2) is 69.5 Å². The highest BCUT2D eigenvalue weighted by Crippen LogP contribution is 2.49. The highest BCUT2D eigenvalue weighted by Gasteiger charge is 2.42. The van der Waals surface area contributed by atoms with Crippen molar-refractivity contribution in [2.75, 3.05) is 30.2 Å². The monoisotopic (exact) mass is 608 g/mol. The van der Waals surface area contributed by atoms with Gasteiger partial charge in [-0.2, -0.15) is 5.26 Å². The number of Topliss-reactive ketones (excluding diaryl/α,β-unsaturated/α-hetero) is 1. The molecule has 210 valence electrons. The van der Waals surface area contributed by atoms with Crippen LogP contribution in [0.25, 0.3) is 0 Å². The summed E-state index contributed by atoms with van der Waals surface area (Å²) in [5.41, 5.74) is 9.30. The van der Waals surface area contributed by atoms with Crippen molar-refractivity contribution in [2.45, 2.75) is 29.5 Å². The summed E-state index contributed by atoms with van der Waals surface area (Å²) < 4.78 is 11.5. The first-order valence-electron chi connectivity index (χ1n) is 12.5. The maximum atomic E-state index is 13.4. The first-order valence-corrected chi connectivity index (χ1v) is 14.7. The van der Waals surface area contributed by atoms with E-state index >= 15 is 0 Å². The number of rotatable bonds is 8. The number of nitrogens with two attached hydrogens (primary N) is 1. The molecule has 1 atom stereocenters. The summed E-state index contributed by atoms with van der Waals surface area (Å²) in [4.78, 5) is 27.6. The van der Waals surface area contributed by atoms with Crippen molar-refractivity contribution < 1.29 is 19.1 Å². The van der Waals surface area contributed by atoms with E-state index in [4.69, 9.17) is 26.8 Å². The number of methoxy groups -OCH3 is 2. The Morgan fingerprint density at radius 2 is 2.07 bits per heavy atom. The minimum Gasteiger partial charge on any atom is -0.497 e. The smallest absolute Gasteiger partial charge is 0.234 e. The number of nitrogens with one attached hydrogen (secondary N) is 1. The molecule has 0 bridgehead atoms. The van der Waals surface area contributed by atoms with Gasteiger partial charge >= 0.3 is 0 Å². The summed E-state index contributed by atoms with van der Waals surface area (Å²) in [5.74, 6) is 0.365. The van der Waals surface area contributed by atoms with Crippen LogP contribution in [0.3, 0.4) is 0 Å². The Morgan fingerprint density at radius 3 is 2.80 bits per heavy atom. The van der Waals surface area contributed by atoms with Crippen LogP contribution in [-0.2, 0) is 9.59 Å². The minimum atomic E-state index is -0.697. The number of thioether (sulfide) groups is 1. The number of nitrogens with zero attached hydrogens (tertiary/aromatic N) is 4. The molecular formula is C28H25ClN6O4S2. The van der Waals surface area contributed by atoms with Crippen LogP contribution in [0.5, 0.6) is 11.5 Å². The molecule has 2 aliphatic rings. The molecule has 2 heterocycles. The van der Waals surface area contributed by atoms with E-state index in [1.807, 2.05) is 0 Å². The topological polar surface area (TPSA) is 143 Å². The number of amides is 1. The van der Waals surface area contributed by atoms with Gasteiger partial charge in [-0.15, -0.1) is 10.2 Å². The average Bonchev–Trinajstić information content (AvgIpc) is 3.43. The van der Waals surface area contributed by atoms with Gasteiger partial charge < -0.3 is 20.5 Å². The zero-order valence-corrected chi connectivity index (χ0v) is 24.5. The normalized spacial score (nSPS) is 16.8. The Kier molecular flexibility index (Phi) is 8.49. The lowest BCUT2D eigenvalue weighted by Gasteiger charge is -2.38. The van der Waals surface area contributed by atoms with E-state index < -0.39 is 5.92 Å². The molecule has 13 heteroatoms. The van der Waals surface area contributed by atoms with Gasteiger partial charge in [-0.1, -0.05) is 46.8 Å². The standard InChI is InChI=1S/C28H25ClN6O4S2/c1-38-17-9-10-18(22(12-17)39-2)24-19(13-30)26(31)35(20-7-4-8-21(36)25(20)24)27-33-34-28(41-27)40-14-23(37)32-16-6-3-5-15(29)11-16/h3,5-6,9-12,24H,4,7-8,14,31H2,1-2H3,(H,32,37). The van der Waals surface area contributed by atoms with E-state index in [2.05, 4.69) is 21.6 Å². The molecule has 1 amide bonds. The van der Waals surface area contributed by atoms with Gasteiger partial charge in [0.15, 0.2) is 10.1 Å². The molecule has 0 fully saturated rings. The van der Waals surface area contributed by atoms with Crippen molar-refractivity contribution in [3.63, 3.8) is 0 Å². The lowest BCUT2D eigenvalue weighted by Crippen LogP contribution is -2.38. The van der Waals surface area contributed by atoms with Crippen LogP contribution in [0.2, 0.25) is 5.02 Å². The number of hydrogen-bond donors (Lipinski definition) is 2. The van der Waals surface area contributed by atoms with E-state index in [9.17, 15) is 14.9 Å². The second-order valence-electron chi connectivity index (χ2n) is 9.12. The Morgan fingerprint density at radius 1 is 1.24 bits per heavy atom. The van der Waals surface area contributed by atoms with Gasteiger partial charge in [0.05, 0.1) is 37.5 Å². The van der Waals surface area contributed by atoms with Gasteiger partial charge in [0.25, 0.3) is 0 Å². The van der Waals surface area contributed by atoms with Crippen LogP contribution in [-0.4, -0.2) is 41.9 Å². The first kappa shape index (κ1) is 28.5. The summed E-state index contributed by atoms with van der Waals surface area (Å²) in [6.45, 7) is 0. The molecule has 0 saturated heterocycles. The summed E-state index contributed by atoms with van der Waals surface area (Å²) >= 11 is 8.44.